The lowest BCUT2D eigenvalue weighted by atomic mass is 9.90. The smallest absolute Gasteiger partial charge is 0.307 e. The summed E-state index contributed by atoms with van der Waals surface area (Å²) < 4.78 is 15.0. The van der Waals surface area contributed by atoms with Gasteiger partial charge in [-0.1, -0.05) is 85.0 Å². The summed E-state index contributed by atoms with van der Waals surface area (Å²) in [6.07, 6.45) is 9.04. The molecule has 0 saturated carbocycles. The van der Waals surface area contributed by atoms with Crippen LogP contribution in [0.15, 0.2) is 148 Å². The van der Waals surface area contributed by atoms with Crippen LogP contribution in [0.2, 0.25) is 0 Å². The van der Waals surface area contributed by atoms with E-state index in [0.29, 0.717) is 11.9 Å². The molecule has 0 bridgehead atoms. The molecule has 1 aliphatic heterocycles. The van der Waals surface area contributed by atoms with E-state index in [1.54, 1.807) is 0 Å². The zero-order chi connectivity index (χ0) is 29.9. The highest BCUT2D eigenvalue weighted by Crippen LogP contribution is 2.50. The van der Waals surface area contributed by atoms with Gasteiger partial charge in [0.1, 0.15) is 16.7 Å². The average molecular weight is 592 g/mol. The molecule has 216 valence electrons. The molecule has 11 rings (SSSR count). The SMILES string of the molecule is C1=CC2c3cc4ccccc4cc3N(c3ccc4c(c3)c3ccccc3n4-c3nc4ccc5oc6ccccc6c5c4o3)C2C=C1. The first-order valence-electron chi connectivity index (χ1n) is 15.7. The largest absolute Gasteiger partial charge is 0.456 e. The fourth-order valence-corrected chi connectivity index (χ4v) is 7.92. The lowest BCUT2D eigenvalue weighted by Crippen LogP contribution is -2.28. The highest BCUT2D eigenvalue weighted by Gasteiger charge is 2.38. The maximum atomic E-state index is 6.66. The van der Waals surface area contributed by atoms with Gasteiger partial charge in [0.25, 0.3) is 0 Å². The fourth-order valence-electron chi connectivity index (χ4n) is 7.92. The third-order valence-electron chi connectivity index (χ3n) is 9.93. The zero-order valence-corrected chi connectivity index (χ0v) is 24.6. The lowest BCUT2D eigenvalue weighted by Gasteiger charge is -2.29. The summed E-state index contributed by atoms with van der Waals surface area (Å²) >= 11 is 0. The molecule has 0 radical (unpaired) electrons. The standard InChI is InChI=1S/C41H25N3O2/c1-2-10-25-22-36-30(21-24(25)9-1)27-11-3-6-14-33(27)43(36)26-17-19-35-31(23-26)28-12-4-7-15-34(28)44(35)41-42-32-18-20-38-39(40(32)46-41)29-13-5-8-16-37(29)45-38/h1-23,27,33H. The predicted molar refractivity (Wildman–Crippen MR) is 187 cm³/mol. The normalized spacial score (nSPS) is 17.3. The molecule has 6 aromatic carbocycles. The number of anilines is 2. The van der Waals surface area contributed by atoms with Crippen LogP contribution in [-0.4, -0.2) is 15.6 Å². The van der Waals surface area contributed by atoms with Gasteiger partial charge in [-0.05, 0) is 70.9 Å². The Morgan fingerprint density at radius 2 is 1.39 bits per heavy atom. The topological polar surface area (TPSA) is 47.3 Å². The molecule has 46 heavy (non-hydrogen) atoms. The maximum Gasteiger partial charge on any atom is 0.307 e. The number of fused-ring (bicyclic) bond motifs is 12. The number of allylic oxidation sites excluding steroid dienone is 2. The molecule has 3 aromatic heterocycles. The summed E-state index contributed by atoms with van der Waals surface area (Å²) in [4.78, 5) is 7.54. The van der Waals surface area contributed by atoms with Crippen LogP contribution >= 0.6 is 0 Å². The molecule has 0 saturated heterocycles. The third kappa shape index (κ3) is 3.16. The number of benzene rings is 6. The molecule has 0 spiro atoms. The second kappa shape index (κ2) is 8.77. The van der Waals surface area contributed by atoms with Crippen LogP contribution in [0.4, 0.5) is 11.4 Å². The molecule has 0 fully saturated rings. The molecule has 5 nitrogen and oxygen atoms in total. The molecule has 2 atom stereocenters. The number of para-hydroxylation sites is 2. The van der Waals surface area contributed by atoms with Crippen molar-refractivity contribution in [1.82, 2.24) is 9.55 Å². The van der Waals surface area contributed by atoms with E-state index in [-0.39, 0.29) is 6.04 Å². The van der Waals surface area contributed by atoms with E-state index in [1.807, 2.05) is 30.3 Å². The van der Waals surface area contributed by atoms with Gasteiger partial charge in [-0.3, -0.25) is 4.57 Å². The number of oxazole rings is 1. The van der Waals surface area contributed by atoms with Crippen molar-refractivity contribution in [2.75, 3.05) is 4.90 Å². The van der Waals surface area contributed by atoms with Crippen molar-refractivity contribution in [3.8, 4) is 6.01 Å². The van der Waals surface area contributed by atoms with E-state index >= 15 is 0 Å². The monoisotopic (exact) mass is 591 g/mol. The van der Waals surface area contributed by atoms with Gasteiger partial charge in [-0.25, -0.2) is 0 Å². The molecule has 2 unspecified atom stereocenters. The summed E-state index contributed by atoms with van der Waals surface area (Å²) in [5, 5.41) is 6.85. The molecule has 1 aliphatic carbocycles. The quantitative estimate of drug-likeness (QED) is 0.201. The van der Waals surface area contributed by atoms with E-state index in [4.69, 9.17) is 13.8 Å². The van der Waals surface area contributed by atoms with Gasteiger partial charge in [-0.2, -0.15) is 4.98 Å². The first kappa shape index (κ1) is 24.3. The number of furan rings is 1. The van der Waals surface area contributed by atoms with Crippen molar-refractivity contribution in [2.45, 2.75) is 12.0 Å². The minimum Gasteiger partial charge on any atom is -0.456 e. The minimum atomic E-state index is 0.215. The molecular formula is C41H25N3O2. The Morgan fingerprint density at radius 1 is 0.609 bits per heavy atom. The van der Waals surface area contributed by atoms with Crippen molar-refractivity contribution < 1.29 is 8.83 Å². The number of aromatic nitrogens is 2. The molecule has 9 aromatic rings. The average Bonchev–Trinajstić information content (AvgIpc) is 3.85. The van der Waals surface area contributed by atoms with Crippen LogP contribution in [0.1, 0.15) is 11.5 Å². The van der Waals surface area contributed by atoms with Crippen molar-refractivity contribution in [3.05, 3.63) is 145 Å². The highest BCUT2D eigenvalue weighted by atomic mass is 16.4. The summed E-state index contributed by atoms with van der Waals surface area (Å²) in [6.45, 7) is 0. The second-order valence-corrected chi connectivity index (χ2v) is 12.3. The number of hydrogen-bond acceptors (Lipinski definition) is 4. The molecule has 2 aliphatic rings. The van der Waals surface area contributed by atoms with E-state index in [1.165, 1.54) is 27.7 Å². The van der Waals surface area contributed by atoms with E-state index in [0.717, 1.165) is 54.8 Å². The Bertz CT molecular complexity index is 2790. The van der Waals surface area contributed by atoms with Gasteiger partial charge < -0.3 is 13.7 Å². The summed E-state index contributed by atoms with van der Waals surface area (Å²) in [6, 6.07) is 41.5. The Labute approximate surface area is 262 Å². The van der Waals surface area contributed by atoms with Crippen LogP contribution in [-0.2, 0) is 0 Å². The summed E-state index contributed by atoms with van der Waals surface area (Å²) in [5.74, 6) is 0.303. The Hall–Kier alpha value is -6.07. The Balaban J connectivity index is 1.14. The molecule has 0 N–H and O–H groups in total. The maximum absolute atomic E-state index is 6.66. The molecule has 0 amide bonds. The van der Waals surface area contributed by atoms with Gasteiger partial charge in [0.2, 0.25) is 0 Å². The predicted octanol–water partition coefficient (Wildman–Crippen LogP) is 10.7. The summed E-state index contributed by atoms with van der Waals surface area (Å²) in [7, 11) is 0. The second-order valence-electron chi connectivity index (χ2n) is 12.3. The fraction of sp³-hybridized carbons (Fsp3) is 0.0488. The summed E-state index contributed by atoms with van der Waals surface area (Å²) in [5.41, 5.74) is 9.10. The van der Waals surface area contributed by atoms with Gasteiger partial charge in [0, 0.05) is 33.5 Å². The Morgan fingerprint density at radius 3 is 2.33 bits per heavy atom. The number of hydrogen-bond donors (Lipinski definition) is 0. The van der Waals surface area contributed by atoms with Crippen molar-refractivity contribution >= 4 is 77.0 Å². The minimum absolute atomic E-state index is 0.215. The number of nitrogens with zero attached hydrogens (tertiary/aromatic N) is 3. The first-order chi connectivity index (χ1) is 22.8. The lowest BCUT2D eigenvalue weighted by molar-refractivity contribution is 0.577. The van der Waals surface area contributed by atoms with Gasteiger partial charge in [0.05, 0.1) is 22.5 Å². The van der Waals surface area contributed by atoms with Crippen molar-refractivity contribution in [1.29, 1.82) is 0 Å². The van der Waals surface area contributed by atoms with E-state index in [2.05, 4.69) is 119 Å². The van der Waals surface area contributed by atoms with Crippen molar-refractivity contribution in [3.63, 3.8) is 0 Å². The van der Waals surface area contributed by atoms with Crippen LogP contribution in [0, 0.1) is 0 Å². The van der Waals surface area contributed by atoms with Crippen LogP contribution in [0.5, 0.6) is 0 Å². The van der Waals surface area contributed by atoms with Crippen LogP contribution in [0.3, 0.4) is 0 Å². The highest BCUT2D eigenvalue weighted by molar-refractivity contribution is 6.16. The van der Waals surface area contributed by atoms with Crippen molar-refractivity contribution in [2.24, 2.45) is 0 Å². The molecular weight excluding hydrogens is 566 g/mol. The molecule has 4 heterocycles. The number of rotatable bonds is 2. The Kier molecular flexibility index (Phi) is 4.63. The van der Waals surface area contributed by atoms with E-state index < -0.39 is 0 Å². The van der Waals surface area contributed by atoms with Crippen LogP contribution in [0.25, 0.3) is 71.6 Å². The third-order valence-corrected chi connectivity index (χ3v) is 9.93. The van der Waals surface area contributed by atoms with Crippen LogP contribution < -0.4 is 4.90 Å². The zero-order valence-electron chi connectivity index (χ0n) is 24.6. The molecule has 5 heteroatoms. The van der Waals surface area contributed by atoms with Gasteiger partial charge >= 0.3 is 6.01 Å². The van der Waals surface area contributed by atoms with Gasteiger partial charge in [0.15, 0.2) is 5.58 Å². The van der Waals surface area contributed by atoms with Gasteiger partial charge in [-0.15, -0.1) is 0 Å². The van der Waals surface area contributed by atoms with E-state index in [9.17, 15) is 0 Å². The first-order valence-corrected chi connectivity index (χ1v) is 15.7.